The molecule has 0 unspecified atom stereocenters. The van der Waals surface area contributed by atoms with E-state index in [-0.39, 0.29) is 17.3 Å². The van der Waals surface area contributed by atoms with E-state index in [2.05, 4.69) is 10.3 Å². The van der Waals surface area contributed by atoms with Crippen molar-refractivity contribution in [2.45, 2.75) is 30.8 Å². The SMILES string of the molecule is O=C(NCCCCn1ccnc1)c1cccc(S(=O)(=O)N(Cc2ccccc2)c2ccccc2)c1. The van der Waals surface area contributed by atoms with Crippen LogP contribution in [0.2, 0.25) is 0 Å². The van der Waals surface area contributed by atoms with Gasteiger partial charge in [-0.3, -0.25) is 9.10 Å². The van der Waals surface area contributed by atoms with Crippen LogP contribution in [-0.2, 0) is 23.1 Å². The van der Waals surface area contributed by atoms with Gasteiger partial charge in [-0.05, 0) is 48.7 Å². The second-order valence-electron chi connectivity index (χ2n) is 8.12. The summed E-state index contributed by atoms with van der Waals surface area (Å²) in [6.45, 7) is 1.52. The van der Waals surface area contributed by atoms with Crippen molar-refractivity contribution >= 4 is 21.6 Å². The van der Waals surface area contributed by atoms with E-state index >= 15 is 0 Å². The van der Waals surface area contributed by atoms with Crippen LogP contribution >= 0.6 is 0 Å². The lowest BCUT2D eigenvalue weighted by molar-refractivity contribution is 0.0952. The van der Waals surface area contributed by atoms with E-state index in [1.165, 1.54) is 16.4 Å². The minimum absolute atomic E-state index is 0.0741. The topological polar surface area (TPSA) is 84.3 Å². The second kappa shape index (κ2) is 11.5. The first-order valence-electron chi connectivity index (χ1n) is 11.5. The predicted molar refractivity (Wildman–Crippen MR) is 136 cm³/mol. The van der Waals surface area contributed by atoms with Gasteiger partial charge in [-0.2, -0.15) is 0 Å². The molecule has 4 aromatic rings. The Morgan fingerprint density at radius 2 is 1.66 bits per heavy atom. The zero-order valence-corrected chi connectivity index (χ0v) is 20.1. The summed E-state index contributed by atoms with van der Waals surface area (Å²) in [5.41, 5.74) is 1.74. The summed E-state index contributed by atoms with van der Waals surface area (Å²) in [6.07, 6.45) is 7.11. The molecule has 1 amide bonds. The molecule has 0 atom stereocenters. The number of carbonyl (C=O) groups excluding carboxylic acids is 1. The van der Waals surface area contributed by atoms with E-state index in [1.54, 1.807) is 48.9 Å². The van der Waals surface area contributed by atoms with Crippen LogP contribution in [-0.4, -0.2) is 30.4 Å². The Morgan fingerprint density at radius 3 is 2.37 bits per heavy atom. The number of anilines is 1. The molecule has 0 aliphatic carbocycles. The number of nitrogens with one attached hydrogen (secondary N) is 1. The first kappa shape index (κ1) is 24.2. The Balaban J connectivity index is 1.47. The number of hydrogen-bond donors (Lipinski definition) is 1. The van der Waals surface area contributed by atoms with Gasteiger partial charge in [0.1, 0.15) is 0 Å². The number of sulfonamides is 1. The van der Waals surface area contributed by atoms with Crippen molar-refractivity contribution in [3.05, 3.63) is 115 Å². The van der Waals surface area contributed by atoms with Gasteiger partial charge in [0.2, 0.25) is 0 Å². The average Bonchev–Trinajstić information content (AvgIpc) is 3.42. The average molecular weight is 489 g/mol. The molecule has 0 radical (unpaired) electrons. The van der Waals surface area contributed by atoms with Crippen LogP contribution in [0.15, 0.2) is 109 Å². The van der Waals surface area contributed by atoms with Gasteiger partial charge in [0.15, 0.2) is 0 Å². The number of rotatable bonds is 11. The standard InChI is InChI=1S/C27H28N4O3S/c32-27(29-16-7-8-18-30-19-17-28-22-30)24-12-9-15-26(20-24)35(33,34)31(25-13-5-2-6-14-25)21-23-10-3-1-4-11-23/h1-6,9-15,17,19-20,22H,7-8,16,18,21H2,(H,29,32). The summed E-state index contributed by atoms with van der Waals surface area (Å²) in [6, 6.07) is 24.6. The van der Waals surface area contributed by atoms with Gasteiger partial charge in [0.25, 0.3) is 15.9 Å². The monoisotopic (exact) mass is 488 g/mol. The van der Waals surface area contributed by atoms with Gasteiger partial charge in [-0.1, -0.05) is 54.6 Å². The molecule has 3 aromatic carbocycles. The van der Waals surface area contributed by atoms with Crippen LogP contribution in [0.5, 0.6) is 0 Å². The fourth-order valence-corrected chi connectivity index (χ4v) is 5.23. The van der Waals surface area contributed by atoms with Gasteiger partial charge in [-0.15, -0.1) is 0 Å². The number of para-hydroxylation sites is 1. The van der Waals surface area contributed by atoms with Gasteiger partial charge in [-0.25, -0.2) is 13.4 Å². The van der Waals surface area contributed by atoms with Crippen LogP contribution in [0.4, 0.5) is 5.69 Å². The quantitative estimate of drug-likeness (QED) is 0.315. The molecule has 1 N–H and O–H groups in total. The van der Waals surface area contributed by atoms with Gasteiger partial charge < -0.3 is 9.88 Å². The molecular formula is C27H28N4O3S. The first-order chi connectivity index (χ1) is 17.0. The summed E-state index contributed by atoms with van der Waals surface area (Å²) in [7, 11) is -3.92. The third-order valence-electron chi connectivity index (χ3n) is 5.59. The van der Waals surface area contributed by atoms with E-state index in [0.717, 1.165) is 24.9 Å². The van der Waals surface area contributed by atoms with E-state index in [1.807, 2.05) is 47.2 Å². The third-order valence-corrected chi connectivity index (χ3v) is 7.36. The highest BCUT2D eigenvalue weighted by Gasteiger charge is 2.26. The highest BCUT2D eigenvalue weighted by Crippen LogP contribution is 2.26. The van der Waals surface area contributed by atoms with Crippen molar-refractivity contribution in [1.82, 2.24) is 14.9 Å². The Bertz CT molecular complexity index is 1330. The maximum atomic E-state index is 13.7. The van der Waals surface area contributed by atoms with Crippen molar-refractivity contribution in [2.75, 3.05) is 10.8 Å². The number of nitrogens with zero attached hydrogens (tertiary/aromatic N) is 3. The number of benzene rings is 3. The Morgan fingerprint density at radius 1 is 0.914 bits per heavy atom. The van der Waals surface area contributed by atoms with Crippen molar-refractivity contribution in [2.24, 2.45) is 0 Å². The van der Waals surface area contributed by atoms with E-state index in [4.69, 9.17) is 0 Å². The van der Waals surface area contributed by atoms with Crippen LogP contribution in [0.1, 0.15) is 28.8 Å². The summed E-state index contributed by atoms with van der Waals surface area (Å²) in [5, 5.41) is 2.89. The molecule has 1 aromatic heterocycles. The normalized spacial score (nSPS) is 11.2. The highest BCUT2D eigenvalue weighted by molar-refractivity contribution is 7.92. The molecule has 0 fully saturated rings. The van der Waals surface area contributed by atoms with Gasteiger partial charge in [0.05, 0.1) is 23.5 Å². The molecule has 180 valence electrons. The smallest absolute Gasteiger partial charge is 0.264 e. The Hall–Kier alpha value is -3.91. The lowest BCUT2D eigenvalue weighted by Crippen LogP contribution is -2.31. The summed E-state index contributed by atoms with van der Waals surface area (Å²) in [5.74, 6) is -0.293. The fraction of sp³-hybridized carbons (Fsp3) is 0.185. The summed E-state index contributed by atoms with van der Waals surface area (Å²) < 4.78 is 30.8. The molecule has 0 saturated heterocycles. The third kappa shape index (κ3) is 6.36. The lowest BCUT2D eigenvalue weighted by Gasteiger charge is -2.25. The molecule has 0 saturated carbocycles. The zero-order chi connectivity index (χ0) is 24.5. The van der Waals surface area contributed by atoms with Crippen LogP contribution < -0.4 is 9.62 Å². The van der Waals surface area contributed by atoms with E-state index in [9.17, 15) is 13.2 Å². The molecule has 4 rings (SSSR count). The maximum absolute atomic E-state index is 13.7. The summed E-state index contributed by atoms with van der Waals surface area (Å²) >= 11 is 0. The Kier molecular flexibility index (Phi) is 7.95. The molecule has 8 heteroatoms. The van der Waals surface area contributed by atoms with Crippen molar-refractivity contribution in [3.8, 4) is 0 Å². The number of aromatic nitrogens is 2. The largest absolute Gasteiger partial charge is 0.352 e. The van der Waals surface area contributed by atoms with Crippen LogP contribution in [0.3, 0.4) is 0 Å². The number of carbonyl (C=O) groups is 1. The molecule has 0 aliphatic heterocycles. The number of amides is 1. The van der Waals surface area contributed by atoms with Gasteiger partial charge >= 0.3 is 0 Å². The molecular weight excluding hydrogens is 460 g/mol. The number of aryl methyl sites for hydroxylation is 1. The second-order valence-corrected chi connectivity index (χ2v) is 9.99. The van der Waals surface area contributed by atoms with Crippen LogP contribution in [0.25, 0.3) is 0 Å². The maximum Gasteiger partial charge on any atom is 0.264 e. The highest BCUT2D eigenvalue weighted by atomic mass is 32.2. The minimum atomic E-state index is -3.92. The van der Waals surface area contributed by atoms with E-state index < -0.39 is 10.0 Å². The summed E-state index contributed by atoms with van der Waals surface area (Å²) in [4.78, 5) is 16.8. The number of hydrogen-bond acceptors (Lipinski definition) is 4. The zero-order valence-electron chi connectivity index (χ0n) is 19.3. The minimum Gasteiger partial charge on any atom is -0.352 e. The van der Waals surface area contributed by atoms with Crippen molar-refractivity contribution in [3.63, 3.8) is 0 Å². The van der Waals surface area contributed by atoms with Crippen molar-refractivity contribution in [1.29, 1.82) is 0 Å². The van der Waals surface area contributed by atoms with Crippen molar-refractivity contribution < 1.29 is 13.2 Å². The molecule has 0 aliphatic rings. The molecule has 0 bridgehead atoms. The van der Waals surface area contributed by atoms with E-state index in [0.29, 0.717) is 17.8 Å². The number of imidazole rings is 1. The molecule has 1 heterocycles. The molecule has 35 heavy (non-hydrogen) atoms. The fourth-order valence-electron chi connectivity index (χ4n) is 3.73. The Labute approximate surface area is 206 Å². The van der Waals surface area contributed by atoms with Crippen LogP contribution in [0, 0.1) is 0 Å². The first-order valence-corrected chi connectivity index (χ1v) is 12.9. The molecule has 7 nitrogen and oxygen atoms in total. The lowest BCUT2D eigenvalue weighted by atomic mass is 10.2. The predicted octanol–water partition coefficient (Wildman–Crippen LogP) is 4.49. The number of unbranched alkanes of at least 4 members (excludes halogenated alkanes) is 1. The van der Waals surface area contributed by atoms with Gasteiger partial charge in [0, 0.05) is 31.0 Å². The molecule has 0 spiro atoms.